The van der Waals surface area contributed by atoms with E-state index in [1.807, 2.05) is 12.2 Å². The van der Waals surface area contributed by atoms with Gasteiger partial charge in [-0.25, -0.2) is 0 Å². The van der Waals surface area contributed by atoms with Crippen molar-refractivity contribution in [1.29, 1.82) is 0 Å². The summed E-state index contributed by atoms with van der Waals surface area (Å²) in [5.41, 5.74) is 0.351. The van der Waals surface area contributed by atoms with Crippen molar-refractivity contribution >= 4 is 0 Å². The molecular weight excluding hydrogens is 168 g/mol. The monoisotopic (exact) mass is 196 g/mol. The van der Waals surface area contributed by atoms with E-state index in [-0.39, 0.29) is 7.43 Å². The van der Waals surface area contributed by atoms with Crippen LogP contribution in [0.15, 0.2) is 25.3 Å². The van der Waals surface area contributed by atoms with Crippen molar-refractivity contribution in [2.75, 3.05) is 0 Å². The average molecular weight is 196 g/mol. The summed E-state index contributed by atoms with van der Waals surface area (Å²) < 4.78 is 0. The zero-order valence-corrected chi connectivity index (χ0v) is 9.64. The van der Waals surface area contributed by atoms with Gasteiger partial charge in [0.25, 0.3) is 0 Å². The van der Waals surface area contributed by atoms with Gasteiger partial charge in [-0.15, -0.1) is 13.2 Å². The lowest BCUT2D eigenvalue weighted by atomic mass is 9.69. The molecule has 0 heterocycles. The topological polar surface area (TPSA) is 0 Å². The van der Waals surface area contributed by atoms with Crippen molar-refractivity contribution in [1.82, 2.24) is 0 Å². The Morgan fingerprint density at radius 1 is 1.14 bits per heavy atom. The lowest BCUT2D eigenvalue weighted by Crippen LogP contribution is -2.27. The molecule has 0 rings (SSSR count). The van der Waals surface area contributed by atoms with Gasteiger partial charge in [0.15, 0.2) is 0 Å². The maximum absolute atomic E-state index is 3.83. The Labute approximate surface area is 91.1 Å². The van der Waals surface area contributed by atoms with Gasteiger partial charge in [0.05, 0.1) is 0 Å². The van der Waals surface area contributed by atoms with Gasteiger partial charge in [-0.2, -0.15) is 0 Å². The van der Waals surface area contributed by atoms with Crippen LogP contribution in [0.1, 0.15) is 48.0 Å². The summed E-state index contributed by atoms with van der Waals surface area (Å²) >= 11 is 0. The van der Waals surface area contributed by atoms with Crippen LogP contribution in [0, 0.1) is 17.3 Å². The zero-order chi connectivity index (χ0) is 10.5. The SMILES string of the molecule is C.C=CC[C@H](C(C)C)C(C)(C)CC=C. The molecule has 0 aromatic carbocycles. The first-order chi connectivity index (χ1) is 5.95. The largest absolute Gasteiger partial charge is 0.103 e. The summed E-state index contributed by atoms with van der Waals surface area (Å²) in [6, 6.07) is 0. The third-order valence-electron chi connectivity index (χ3n) is 2.90. The van der Waals surface area contributed by atoms with Crippen molar-refractivity contribution in [2.45, 2.75) is 48.0 Å². The third-order valence-corrected chi connectivity index (χ3v) is 2.90. The predicted molar refractivity (Wildman–Crippen MR) is 68.5 cm³/mol. The second kappa shape index (κ2) is 6.86. The van der Waals surface area contributed by atoms with Crippen molar-refractivity contribution < 1.29 is 0 Å². The third kappa shape index (κ3) is 4.64. The van der Waals surface area contributed by atoms with Crippen LogP contribution in [0.2, 0.25) is 0 Å². The number of rotatable bonds is 6. The molecule has 0 aliphatic heterocycles. The van der Waals surface area contributed by atoms with Gasteiger partial charge >= 0.3 is 0 Å². The van der Waals surface area contributed by atoms with Gasteiger partial charge in [0, 0.05) is 0 Å². The van der Waals surface area contributed by atoms with Gasteiger partial charge in [-0.3, -0.25) is 0 Å². The van der Waals surface area contributed by atoms with Crippen LogP contribution in [0.5, 0.6) is 0 Å². The minimum atomic E-state index is 0. The van der Waals surface area contributed by atoms with Gasteiger partial charge in [0.2, 0.25) is 0 Å². The maximum Gasteiger partial charge on any atom is -0.0286 e. The fraction of sp³-hybridized carbons (Fsp3) is 0.714. The lowest BCUT2D eigenvalue weighted by molar-refractivity contribution is 0.161. The Hall–Kier alpha value is -0.520. The molecule has 0 nitrogen and oxygen atoms in total. The second-order valence-corrected chi connectivity index (χ2v) is 4.86. The minimum absolute atomic E-state index is 0. The van der Waals surface area contributed by atoms with Gasteiger partial charge in [0.1, 0.15) is 0 Å². The number of allylic oxidation sites excluding steroid dienone is 2. The molecule has 0 aromatic rings. The van der Waals surface area contributed by atoms with Crippen molar-refractivity contribution in [3.63, 3.8) is 0 Å². The van der Waals surface area contributed by atoms with E-state index in [1.54, 1.807) is 0 Å². The highest BCUT2D eigenvalue weighted by Gasteiger charge is 2.29. The highest BCUT2D eigenvalue weighted by Crippen LogP contribution is 2.38. The Bertz CT molecular complexity index is 163. The summed E-state index contributed by atoms with van der Waals surface area (Å²) in [4.78, 5) is 0. The quantitative estimate of drug-likeness (QED) is 0.520. The molecule has 0 aliphatic rings. The second-order valence-electron chi connectivity index (χ2n) is 4.86. The molecule has 0 spiro atoms. The molecule has 0 saturated carbocycles. The molecule has 0 aliphatic carbocycles. The molecule has 1 atom stereocenters. The molecule has 0 N–H and O–H groups in total. The minimum Gasteiger partial charge on any atom is -0.103 e. The molecule has 0 fully saturated rings. The summed E-state index contributed by atoms with van der Waals surface area (Å²) in [5, 5.41) is 0. The highest BCUT2D eigenvalue weighted by atomic mass is 14.3. The maximum atomic E-state index is 3.83. The molecule has 0 radical (unpaired) electrons. The normalized spacial score (nSPS) is 13.2. The first kappa shape index (κ1) is 15.9. The van der Waals surface area contributed by atoms with Crippen LogP contribution >= 0.6 is 0 Å². The number of hydrogen-bond acceptors (Lipinski definition) is 0. The van der Waals surface area contributed by atoms with Gasteiger partial charge in [-0.05, 0) is 30.1 Å². The van der Waals surface area contributed by atoms with E-state index in [0.29, 0.717) is 17.3 Å². The van der Waals surface area contributed by atoms with Crippen molar-refractivity contribution in [3.05, 3.63) is 25.3 Å². The molecule has 0 aromatic heterocycles. The van der Waals surface area contributed by atoms with Crippen LogP contribution in [0.3, 0.4) is 0 Å². The molecule has 14 heavy (non-hydrogen) atoms. The molecule has 0 saturated heterocycles. The fourth-order valence-electron chi connectivity index (χ4n) is 2.20. The Balaban J connectivity index is 0. The number of hydrogen-bond donors (Lipinski definition) is 0. The molecular formula is C14H28. The van der Waals surface area contributed by atoms with Crippen LogP contribution in [0.4, 0.5) is 0 Å². The van der Waals surface area contributed by atoms with Gasteiger partial charge in [-0.1, -0.05) is 47.3 Å². The van der Waals surface area contributed by atoms with E-state index >= 15 is 0 Å². The summed E-state index contributed by atoms with van der Waals surface area (Å²) in [6.07, 6.45) is 6.26. The zero-order valence-electron chi connectivity index (χ0n) is 9.64. The molecule has 0 amide bonds. The van der Waals surface area contributed by atoms with Crippen LogP contribution in [-0.2, 0) is 0 Å². The van der Waals surface area contributed by atoms with Crippen LogP contribution in [-0.4, -0.2) is 0 Å². The smallest absolute Gasteiger partial charge is 0.0286 e. The van der Waals surface area contributed by atoms with E-state index in [0.717, 1.165) is 12.8 Å². The van der Waals surface area contributed by atoms with Gasteiger partial charge < -0.3 is 0 Å². The first-order valence-corrected chi connectivity index (χ1v) is 5.17. The molecule has 0 bridgehead atoms. The highest BCUT2D eigenvalue weighted by molar-refractivity contribution is 4.89. The standard InChI is InChI=1S/C13H24.CH4/c1-7-9-12(11(3)4)13(5,6)10-8-2;/h7-8,11-12H,1-2,9-10H2,3-6H3;1H4/t12-;/m1./s1. The Kier molecular flexibility index (Phi) is 7.81. The predicted octanol–water partition coefficient (Wildman–Crippen LogP) is 5.07. The van der Waals surface area contributed by atoms with Crippen molar-refractivity contribution in [2.24, 2.45) is 17.3 Å². The van der Waals surface area contributed by atoms with Crippen molar-refractivity contribution in [3.8, 4) is 0 Å². The van der Waals surface area contributed by atoms with Crippen LogP contribution in [0.25, 0.3) is 0 Å². The van der Waals surface area contributed by atoms with E-state index in [2.05, 4.69) is 40.9 Å². The molecule has 84 valence electrons. The average Bonchev–Trinajstić information content (AvgIpc) is 1.99. The first-order valence-electron chi connectivity index (χ1n) is 5.17. The summed E-state index contributed by atoms with van der Waals surface area (Å²) in [7, 11) is 0. The Morgan fingerprint density at radius 2 is 1.64 bits per heavy atom. The Morgan fingerprint density at radius 3 is 1.93 bits per heavy atom. The molecule has 0 heteroatoms. The van der Waals surface area contributed by atoms with E-state index in [1.165, 1.54) is 0 Å². The van der Waals surface area contributed by atoms with E-state index < -0.39 is 0 Å². The lowest BCUT2D eigenvalue weighted by Gasteiger charge is -2.36. The molecule has 0 unspecified atom stereocenters. The fourth-order valence-corrected chi connectivity index (χ4v) is 2.20. The van der Waals surface area contributed by atoms with E-state index in [9.17, 15) is 0 Å². The van der Waals surface area contributed by atoms with Crippen LogP contribution < -0.4 is 0 Å². The summed E-state index contributed by atoms with van der Waals surface area (Å²) in [5.74, 6) is 1.43. The van der Waals surface area contributed by atoms with E-state index in [4.69, 9.17) is 0 Å². The summed E-state index contributed by atoms with van der Waals surface area (Å²) in [6.45, 7) is 16.9.